The number of halogens is 1. The highest BCUT2D eigenvalue weighted by Crippen LogP contribution is 2.08. The van der Waals surface area contributed by atoms with Gasteiger partial charge in [0.05, 0.1) is 12.2 Å². The van der Waals surface area contributed by atoms with E-state index >= 15 is 0 Å². The lowest BCUT2D eigenvalue weighted by molar-refractivity contribution is -0.118. The Bertz CT molecular complexity index is 393. The minimum Gasteiger partial charge on any atom is -0.462 e. The van der Waals surface area contributed by atoms with Gasteiger partial charge in [-0.15, -0.1) is 0 Å². The monoisotopic (exact) mass is 225 g/mol. The van der Waals surface area contributed by atoms with Crippen LogP contribution >= 0.6 is 0 Å². The first-order valence-electron chi connectivity index (χ1n) is 4.81. The van der Waals surface area contributed by atoms with Crippen molar-refractivity contribution < 1.29 is 18.7 Å². The van der Waals surface area contributed by atoms with Crippen LogP contribution in [0.15, 0.2) is 24.3 Å². The second-order valence-corrected chi connectivity index (χ2v) is 3.19. The van der Waals surface area contributed by atoms with Crippen LogP contribution in [0.25, 0.3) is 0 Å². The second-order valence-electron chi connectivity index (χ2n) is 3.19. The predicted molar refractivity (Wildman–Crippen MR) is 55.1 cm³/mol. The molecule has 0 atom stereocenters. The molecule has 0 aliphatic rings. The van der Waals surface area contributed by atoms with Crippen LogP contribution in [0, 0.1) is 5.82 Å². The molecule has 1 amide bonds. The predicted octanol–water partition coefficient (Wildman–Crippen LogP) is 1.25. The number of esters is 1. The molecule has 0 bridgehead atoms. The molecule has 2 N–H and O–H groups in total. The standard InChI is InChI=1S/C11H12FNO3/c12-9-5-2-1-4-8(9)11(15)16-7-3-6-10(13)14/h1-2,4-5H,3,6-7H2,(H2,13,14). The third kappa shape index (κ3) is 3.68. The van der Waals surface area contributed by atoms with Crippen LogP contribution in [0.3, 0.4) is 0 Å². The average molecular weight is 225 g/mol. The van der Waals surface area contributed by atoms with Gasteiger partial charge in [0.25, 0.3) is 0 Å². The van der Waals surface area contributed by atoms with E-state index in [-0.39, 0.29) is 18.6 Å². The van der Waals surface area contributed by atoms with E-state index in [0.717, 1.165) is 0 Å². The van der Waals surface area contributed by atoms with Crippen molar-refractivity contribution in [3.63, 3.8) is 0 Å². The Balaban J connectivity index is 2.41. The van der Waals surface area contributed by atoms with Gasteiger partial charge in [0, 0.05) is 6.42 Å². The van der Waals surface area contributed by atoms with Gasteiger partial charge in [0.2, 0.25) is 5.91 Å². The van der Waals surface area contributed by atoms with Gasteiger partial charge in [-0.1, -0.05) is 12.1 Å². The van der Waals surface area contributed by atoms with Gasteiger partial charge in [0.1, 0.15) is 5.82 Å². The fourth-order valence-electron chi connectivity index (χ4n) is 1.12. The van der Waals surface area contributed by atoms with Crippen LogP contribution in [0.2, 0.25) is 0 Å². The summed E-state index contributed by atoms with van der Waals surface area (Å²) in [5, 5.41) is 0. The molecule has 4 nitrogen and oxygen atoms in total. The molecule has 0 saturated heterocycles. The minimum atomic E-state index is -0.734. The topological polar surface area (TPSA) is 69.4 Å². The van der Waals surface area contributed by atoms with E-state index in [0.29, 0.717) is 6.42 Å². The molecule has 0 saturated carbocycles. The zero-order valence-electron chi connectivity index (χ0n) is 8.61. The number of ether oxygens (including phenoxy) is 1. The van der Waals surface area contributed by atoms with E-state index in [2.05, 4.69) is 0 Å². The van der Waals surface area contributed by atoms with Crippen LogP contribution in [0.1, 0.15) is 23.2 Å². The largest absolute Gasteiger partial charge is 0.462 e. The number of hydrogen-bond acceptors (Lipinski definition) is 3. The van der Waals surface area contributed by atoms with Gasteiger partial charge < -0.3 is 10.5 Å². The number of amides is 1. The fourth-order valence-corrected chi connectivity index (χ4v) is 1.12. The Hall–Kier alpha value is -1.91. The molecule has 0 spiro atoms. The molecule has 16 heavy (non-hydrogen) atoms. The third-order valence-electron chi connectivity index (χ3n) is 1.89. The highest BCUT2D eigenvalue weighted by atomic mass is 19.1. The first-order chi connectivity index (χ1) is 7.61. The molecule has 0 aliphatic carbocycles. The molecule has 0 heterocycles. The molecule has 1 rings (SSSR count). The van der Waals surface area contributed by atoms with Crippen molar-refractivity contribution in [2.75, 3.05) is 6.61 Å². The quantitative estimate of drug-likeness (QED) is 0.605. The Morgan fingerprint density at radius 1 is 1.31 bits per heavy atom. The van der Waals surface area contributed by atoms with Crippen molar-refractivity contribution in [3.05, 3.63) is 35.6 Å². The van der Waals surface area contributed by atoms with Crippen LogP contribution in [-0.2, 0) is 9.53 Å². The van der Waals surface area contributed by atoms with Gasteiger partial charge >= 0.3 is 5.97 Å². The van der Waals surface area contributed by atoms with Crippen molar-refractivity contribution in [2.24, 2.45) is 5.73 Å². The van der Waals surface area contributed by atoms with Crippen LogP contribution < -0.4 is 5.73 Å². The molecule has 0 radical (unpaired) electrons. The minimum absolute atomic E-state index is 0.0517. The molecule has 0 aliphatic heterocycles. The van der Waals surface area contributed by atoms with Crippen LogP contribution in [0.4, 0.5) is 4.39 Å². The van der Waals surface area contributed by atoms with E-state index in [1.54, 1.807) is 6.07 Å². The first kappa shape index (κ1) is 12.2. The lowest BCUT2D eigenvalue weighted by Crippen LogP contribution is -2.13. The summed E-state index contributed by atoms with van der Waals surface area (Å²) < 4.78 is 17.9. The van der Waals surface area contributed by atoms with Crippen molar-refractivity contribution in [2.45, 2.75) is 12.8 Å². The second kappa shape index (κ2) is 5.85. The summed E-state index contributed by atoms with van der Waals surface area (Å²) in [6, 6.07) is 5.55. The summed E-state index contributed by atoms with van der Waals surface area (Å²) in [4.78, 5) is 21.7. The number of rotatable bonds is 5. The highest BCUT2D eigenvalue weighted by molar-refractivity contribution is 5.89. The van der Waals surface area contributed by atoms with Gasteiger partial charge in [0.15, 0.2) is 0 Å². The fraction of sp³-hybridized carbons (Fsp3) is 0.273. The Labute approximate surface area is 92.2 Å². The lowest BCUT2D eigenvalue weighted by atomic mass is 10.2. The maximum Gasteiger partial charge on any atom is 0.341 e. The molecule has 0 aromatic heterocycles. The summed E-state index contributed by atoms with van der Waals surface area (Å²) in [7, 11) is 0. The van der Waals surface area contributed by atoms with E-state index in [9.17, 15) is 14.0 Å². The number of primary amides is 1. The van der Waals surface area contributed by atoms with Gasteiger partial charge in [-0.05, 0) is 18.6 Å². The number of benzene rings is 1. The Morgan fingerprint density at radius 2 is 2.00 bits per heavy atom. The summed E-state index contributed by atoms with van der Waals surface area (Å²) >= 11 is 0. The van der Waals surface area contributed by atoms with Crippen molar-refractivity contribution in [1.82, 2.24) is 0 Å². The van der Waals surface area contributed by atoms with Crippen LogP contribution in [-0.4, -0.2) is 18.5 Å². The third-order valence-corrected chi connectivity index (χ3v) is 1.89. The summed E-state index contributed by atoms with van der Waals surface area (Å²) in [5.41, 5.74) is 4.80. The maximum atomic E-state index is 13.1. The van der Waals surface area contributed by atoms with Crippen LogP contribution in [0.5, 0.6) is 0 Å². The molecule has 0 fully saturated rings. The molecular formula is C11H12FNO3. The molecule has 86 valence electrons. The normalized spacial score (nSPS) is 9.81. The molecule has 0 unspecified atom stereocenters. The van der Waals surface area contributed by atoms with E-state index in [1.807, 2.05) is 0 Å². The van der Waals surface area contributed by atoms with E-state index in [4.69, 9.17) is 10.5 Å². The van der Waals surface area contributed by atoms with Gasteiger partial charge in [-0.2, -0.15) is 0 Å². The van der Waals surface area contributed by atoms with E-state index < -0.39 is 17.7 Å². The first-order valence-corrected chi connectivity index (χ1v) is 4.81. The average Bonchev–Trinajstić information content (AvgIpc) is 2.24. The number of carbonyl (C=O) groups is 2. The zero-order chi connectivity index (χ0) is 12.0. The molecular weight excluding hydrogens is 213 g/mol. The summed E-state index contributed by atoms with van der Waals surface area (Å²) in [5.74, 6) is -1.81. The van der Waals surface area contributed by atoms with Crippen molar-refractivity contribution in [1.29, 1.82) is 0 Å². The summed E-state index contributed by atoms with van der Waals surface area (Å²) in [6.45, 7) is 0.0517. The van der Waals surface area contributed by atoms with E-state index in [1.165, 1.54) is 18.2 Å². The van der Waals surface area contributed by atoms with Crippen molar-refractivity contribution in [3.8, 4) is 0 Å². The SMILES string of the molecule is NC(=O)CCCOC(=O)c1ccccc1F. The molecule has 5 heteroatoms. The molecule has 1 aromatic carbocycles. The lowest BCUT2D eigenvalue weighted by Gasteiger charge is -2.04. The summed E-state index contributed by atoms with van der Waals surface area (Å²) in [6.07, 6.45) is 0.486. The Kier molecular flexibility index (Phi) is 4.44. The smallest absolute Gasteiger partial charge is 0.341 e. The zero-order valence-corrected chi connectivity index (χ0v) is 8.61. The molecule has 1 aromatic rings. The number of carbonyl (C=O) groups excluding carboxylic acids is 2. The highest BCUT2D eigenvalue weighted by Gasteiger charge is 2.11. The number of hydrogen-bond donors (Lipinski definition) is 1. The Morgan fingerprint density at radius 3 is 2.62 bits per heavy atom. The van der Waals surface area contributed by atoms with Gasteiger partial charge in [-0.3, -0.25) is 4.79 Å². The van der Waals surface area contributed by atoms with Crippen molar-refractivity contribution >= 4 is 11.9 Å². The number of nitrogens with two attached hydrogens (primary N) is 1. The van der Waals surface area contributed by atoms with Gasteiger partial charge in [-0.25, -0.2) is 9.18 Å². The maximum absolute atomic E-state index is 13.1.